The third kappa shape index (κ3) is 2.23. The topological polar surface area (TPSA) is 42.4 Å². The van der Waals surface area contributed by atoms with E-state index in [1.54, 1.807) is 6.92 Å². The van der Waals surface area contributed by atoms with Gasteiger partial charge >= 0.3 is 5.97 Å². The minimum Gasteiger partial charge on any atom is -0.467 e. The van der Waals surface area contributed by atoms with E-state index in [2.05, 4.69) is 4.98 Å². The van der Waals surface area contributed by atoms with Gasteiger partial charge in [0.05, 0.1) is 24.7 Å². The average Bonchev–Trinajstić information content (AvgIpc) is 2.80. The van der Waals surface area contributed by atoms with Gasteiger partial charge in [0.1, 0.15) is 11.9 Å². The van der Waals surface area contributed by atoms with Gasteiger partial charge in [-0.15, -0.1) is 0 Å². The van der Waals surface area contributed by atoms with Crippen LogP contribution in [0.25, 0.3) is 0 Å². The van der Waals surface area contributed by atoms with Crippen molar-refractivity contribution in [1.29, 1.82) is 0 Å². The highest BCUT2D eigenvalue weighted by atomic mass is 19.1. The van der Waals surface area contributed by atoms with Crippen molar-refractivity contribution in [3.05, 3.63) is 23.8 Å². The van der Waals surface area contributed by atoms with Gasteiger partial charge in [0.25, 0.3) is 0 Å². The van der Waals surface area contributed by atoms with E-state index in [-0.39, 0.29) is 17.8 Å². The zero-order valence-corrected chi connectivity index (χ0v) is 9.94. The summed E-state index contributed by atoms with van der Waals surface area (Å²) in [6.07, 6.45) is 2.82. The maximum absolute atomic E-state index is 13.2. The number of nitrogens with zero attached hydrogens (tertiary/aromatic N) is 2. The van der Waals surface area contributed by atoms with Gasteiger partial charge < -0.3 is 9.64 Å². The molecule has 0 spiro atoms. The van der Waals surface area contributed by atoms with Gasteiger partial charge in [-0.05, 0) is 19.8 Å². The average molecular weight is 238 g/mol. The molecule has 1 aliphatic heterocycles. The molecule has 5 heteroatoms. The number of rotatable bonds is 2. The largest absolute Gasteiger partial charge is 0.467 e. The first-order valence-electron chi connectivity index (χ1n) is 5.60. The Morgan fingerprint density at radius 3 is 3.12 bits per heavy atom. The molecule has 1 unspecified atom stereocenters. The molecule has 2 heterocycles. The smallest absolute Gasteiger partial charge is 0.328 e. The Morgan fingerprint density at radius 2 is 2.41 bits per heavy atom. The highest BCUT2D eigenvalue weighted by Gasteiger charge is 2.32. The highest BCUT2D eigenvalue weighted by molar-refractivity contribution is 5.81. The molecule has 4 nitrogen and oxygen atoms in total. The maximum atomic E-state index is 13.2. The van der Waals surface area contributed by atoms with E-state index in [4.69, 9.17) is 4.74 Å². The summed E-state index contributed by atoms with van der Waals surface area (Å²) in [5.41, 5.74) is 1.40. The minimum absolute atomic E-state index is 0.272. The molecule has 0 aromatic carbocycles. The first-order valence-corrected chi connectivity index (χ1v) is 5.60. The summed E-state index contributed by atoms with van der Waals surface area (Å²) in [6, 6.07) is 1.10. The Bertz CT molecular complexity index is 437. The predicted molar refractivity (Wildman–Crippen MR) is 61.3 cm³/mol. The van der Waals surface area contributed by atoms with Crippen molar-refractivity contribution < 1.29 is 13.9 Å². The van der Waals surface area contributed by atoms with Gasteiger partial charge in [-0.1, -0.05) is 0 Å². The minimum atomic E-state index is -0.388. The zero-order valence-electron chi connectivity index (χ0n) is 9.94. The van der Waals surface area contributed by atoms with Crippen LogP contribution < -0.4 is 4.90 Å². The maximum Gasteiger partial charge on any atom is 0.328 e. The Kier molecular flexibility index (Phi) is 3.26. The number of pyridine rings is 1. The first kappa shape index (κ1) is 11.8. The van der Waals surface area contributed by atoms with E-state index >= 15 is 0 Å². The summed E-state index contributed by atoms with van der Waals surface area (Å²) < 4.78 is 18.0. The van der Waals surface area contributed by atoms with Crippen LogP contribution >= 0.6 is 0 Å². The second kappa shape index (κ2) is 4.69. The molecule has 17 heavy (non-hydrogen) atoms. The van der Waals surface area contributed by atoms with Crippen LogP contribution in [0.2, 0.25) is 0 Å². The van der Waals surface area contributed by atoms with Crippen molar-refractivity contribution in [2.75, 3.05) is 18.6 Å². The lowest BCUT2D eigenvalue weighted by Crippen LogP contribution is -2.37. The van der Waals surface area contributed by atoms with Gasteiger partial charge in [-0.2, -0.15) is 0 Å². The van der Waals surface area contributed by atoms with Crippen molar-refractivity contribution in [2.45, 2.75) is 25.8 Å². The second-order valence-corrected chi connectivity index (χ2v) is 4.13. The Balaban J connectivity index is 2.32. The first-order chi connectivity index (χ1) is 8.13. The normalized spacial score (nSPS) is 19.5. The van der Waals surface area contributed by atoms with E-state index in [0.717, 1.165) is 25.1 Å². The number of ether oxygens (including phenoxy) is 1. The Morgan fingerprint density at radius 1 is 1.65 bits per heavy atom. The van der Waals surface area contributed by atoms with Gasteiger partial charge in [0.2, 0.25) is 0 Å². The standard InChI is InChI=1S/C12H15FN2O2/c1-8-11(6-9(13)7-14-8)15-5-3-4-10(15)12(16)17-2/h6-7,10H,3-5H2,1-2H3. The number of hydrogen-bond donors (Lipinski definition) is 0. The second-order valence-electron chi connectivity index (χ2n) is 4.13. The highest BCUT2D eigenvalue weighted by Crippen LogP contribution is 2.28. The fourth-order valence-electron chi connectivity index (χ4n) is 2.22. The molecule has 1 saturated heterocycles. The summed E-state index contributed by atoms with van der Waals surface area (Å²) >= 11 is 0. The Labute approximate surface area is 99.4 Å². The molecule has 1 aromatic heterocycles. The molecule has 1 fully saturated rings. The van der Waals surface area contributed by atoms with Crippen molar-refractivity contribution >= 4 is 11.7 Å². The van der Waals surface area contributed by atoms with Gasteiger partial charge in [-0.3, -0.25) is 4.98 Å². The molecule has 0 amide bonds. The molecule has 92 valence electrons. The third-order valence-corrected chi connectivity index (χ3v) is 3.06. The molecule has 0 N–H and O–H groups in total. The summed E-state index contributed by atoms with van der Waals surface area (Å²) in [4.78, 5) is 17.5. The zero-order chi connectivity index (χ0) is 12.4. The van der Waals surface area contributed by atoms with E-state index in [1.165, 1.54) is 19.4 Å². The quantitative estimate of drug-likeness (QED) is 0.735. The molecule has 2 rings (SSSR count). The molecule has 0 aliphatic carbocycles. The van der Waals surface area contributed by atoms with Crippen molar-refractivity contribution in [3.8, 4) is 0 Å². The number of halogens is 1. The number of hydrogen-bond acceptors (Lipinski definition) is 4. The van der Waals surface area contributed by atoms with Crippen LogP contribution in [0, 0.1) is 12.7 Å². The predicted octanol–water partition coefficient (Wildman–Crippen LogP) is 1.67. The lowest BCUT2D eigenvalue weighted by molar-refractivity contribution is -0.141. The van der Waals surface area contributed by atoms with Gasteiger partial charge in [-0.25, -0.2) is 9.18 Å². The fourth-order valence-corrected chi connectivity index (χ4v) is 2.22. The summed E-state index contributed by atoms with van der Waals surface area (Å²) in [5, 5.41) is 0. The number of aromatic nitrogens is 1. The van der Waals surface area contributed by atoms with Crippen LogP contribution in [0.4, 0.5) is 10.1 Å². The number of carbonyl (C=O) groups is 1. The van der Waals surface area contributed by atoms with Gasteiger partial charge in [0, 0.05) is 12.6 Å². The van der Waals surface area contributed by atoms with Crippen molar-refractivity contribution in [2.24, 2.45) is 0 Å². The summed E-state index contributed by atoms with van der Waals surface area (Å²) in [6.45, 7) is 2.53. The molecule has 0 bridgehead atoms. The molecular weight excluding hydrogens is 223 g/mol. The SMILES string of the molecule is COC(=O)C1CCCN1c1cc(F)cnc1C. The molecule has 0 radical (unpaired) electrons. The number of carbonyl (C=O) groups excluding carboxylic acids is 1. The van der Waals surface area contributed by atoms with E-state index in [1.807, 2.05) is 4.90 Å². The van der Waals surface area contributed by atoms with Crippen LogP contribution in [-0.2, 0) is 9.53 Å². The summed E-state index contributed by atoms with van der Waals surface area (Å²) in [5.74, 6) is -0.660. The van der Waals surface area contributed by atoms with E-state index < -0.39 is 0 Å². The number of aryl methyl sites for hydroxylation is 1. The lowest BCUT2D eigenvalue weighted by atomic mass is 10.2. The van der Waals surface area contributed by atoms with Crippen LogP contribution in [0.5, 0.6) is 0 Å². The fraction of sp³-hybridized carbons (Fsp3) is 0.500. The van der Waals surface area contributed by atoms with Crippen molar-refractivity contribution in [3.63, 3.8) is 0 Å². The van der Waals surface area contributed by atoms with Crippen LogP contribution in [0.1, 0.15) is 18.5 Å². The van der Waals surface area contributed by atoms with Crippen LogP contribution in [-0.4, -0.2) is 30.6 Å². The van der Waals surface area contributed by atoms with Crippen LogP contribution in [0.15, 0.2) is 12.3 Å². The Hall–Kier alpha value is -1.65. The number of anilines is 1. The molecular formula is C12H15FN2O2. The van der Waals surface area contributed by atoms with Crippen LogP contribution in [0.3, 0.4) is 0 Å². The van der Waals surface area contributed by atoms with E-state index in [0.29, 0.717) is 5.69 Å². The van der Waals surface area contributed by atoms with Crippen molar-refractivity contribution in [1.82, 2.24) is 4.98 Å². The monoisotopic (exact) mass is 238 g/mol. The molecule has 1 aliphatic rings. The van der Waals surface area contributed by atoms with Gasteiger partial charge in [0.15, 0.2) is 0 Å². The number of methoxy groups -OCH3 is 1. The molecule has 0 saturated carbocycles. The molecule has 1 aromatic rings. The third-order valence-electron chi connectivity index (χ3n) is 3.06. The lowest BCUT2D eigenvalue weighted by Gasteiger charge is -2.25. The summed E-state index contributed by atoms with van der Waals surface area (Å²) in [7, 11) is 1.37. The number of esters is 1. The molecule has 1 atom stereocenters. The van der Waals surface area contributed by atoms with E-state index in [9.17, 15) is 9.18 Å².